The molecule has 0 bridgehead atoms. The minimum absolute atomic E-state index is 0.210. The van der Waals surface area contributed by atoms with Gasteiger partial charge in [0.1, 0.15) is 0 Å². The number of hydrogen-bond acceptors (Lipinski definition) is 4. The predicted octanol–water partition coefficient (Wildman–Crippen LogP) is 4.42. The third-order valence-corrected chi connectivity index (χ3v) is 5.47. The summed E-state index contributed by atoms with van der Waals surface area (Å²) in [6.07, 6.45) is 0.303. The molecule has 0 heterocycles. The van der Waals surface area contributed by atoms with Crippen LogP contribution in [0.4, 0.5) is 0 Å². The van der Waals surface area contributed by atoms with Crippen LogP contribution >= 0.6 is 46.7 Å². The minimum atomic E-state index is -0.265. The van der Waals surface area contributed by atoms with Gasteiger partial charge in [-0.25, -0.2) is 0 Å². The summed E-state index contributed by atoms with van der Waals surface area (Å²) in [4.78, 5) is 25.4. The van der Waals surface area contributed by atoms with E-state index in [0.717, 1.165) is 9.79 Å². The van der Waals surface area contributed by atoms with Crippen LogP contribution in [0.25, 0.3) is 0 Å². The molecule has 0 radical (unpaired) electrons. The van der Waals surface area contributed by atoms with Crippen molar-refractivity contribution in [3.8, 4) is 0 Å². The Morgan fingerprint density at radius 2 is 1.24 bits per heavy atom. The number of nitrogens with one attached hydrogen (secondary N) is 2. The van der Waals surface area contributed by atoms with Crippen molar-refractivity contribution in [3.05, 3.63) is 58.6 Å². The van der Waals surface area contributed by atoms with Gasteiger partial charge < -0.3 is 0 Å². The van der Waals surface area contributed by atoms with E-state index in [1.165, 1.54) is 11.8 Å². The van der Waals surface area contributed by atoms with Crippen molar-refractivity contribution in [2.24, 2.45) is 0 Å². The lowest BCUT2D eigenvalue weighted by molar-refractivity contribution is -0.127. The molecule has 0 unspecified atom stereocenters. The van der Waals surface area contributed by atoms with Crippen molar-refractivity contribution in [1.82, 2.24) is 10.9 Å². The molecule has 132 valence electrons. The Morgan fingerprint density at radius 1 is 0.760 bits per heavy atom. The van der Waals surface area contributed by atoms with Gasteiger partial charge in [-0.2, -0.15) is 0 Å². The average Bonchev–Trinajstić information content (AvgIpc) is 2.61. The van der Waals surface area contributed by atoms with Gasteiger partial charge in [-0.05, 0) is 48.5 Å². The molecule has 0 aliphatic carbocycles. The number of amides is 2. The van der Waals surface area contributed by atoms with Gasteiger partial charge in [0.2, 0.25) is 11.8 Å². The van der Waals surface area contributed by atoms with Gasteiger partial charge >= 0.3 is 0 Å². The van der Waals surface area contributed by atoms with Gasteiger partial charge in [0.05, 0.1) is 5.75 Å². The molecular weight excluding hydrogens is 399 g/mol. The van der Waals surface area contributed by atoms with Crippen LogP contribution in [0.5, 0.6) is 0 Å². The maximum atomic E-state index is 11.7. The first-order valence-corrected chi connectivity index (χ1v) is 10.1. The van der Waals surface area contributed by atoms with E-state index in [2.05, 4.69) is 10.9 Å². The topological polar surface area (TPSA) is 58.2 Å². The van der Waals surface area contributed by atoms with Gasteiger partial charge in [0.15, 0.2) is 0 Å². The number of thioether (sulfide) groups is 2. The molecule has 0 spiro atoms. The normalized spacial score (nSPS) is 10.3. The second-order valence-corrected chi connectivity index (χ2v) is 7.98. The molecule has 0 aliphatic heterocycles. The van der Waals surface area contributed by atoms with E-state index >= 15 is 0 Å². The van der Waals surface area contributed by atoms with E-state index in [0.29, 0.717) is 22.2 Å². The summed E-state index contributed by atoms with van der Waals surface area (Å²) in [5.41, 5.74) is 4.82. The van der Waals surface area contributed by atoms with Gasteiger partial charge in [-0.15, -0.1) is 23.5 Å². The highest BCUT2D eigenvalue weighted by Gasteiger charge is 2.06. The molecule has 0 aliphatic rings. The van der Waals surface area contributed by atoms with Gasteiger partial charge in [-0.1, -0.05) is 23.2 Å². The molecule has 2 aromatic carbocycles. The van der Waals surface area contributed by atoms with Crippen molar-refractivity contribution in [2.45, 2.75) is 16.2 Å². The summed E-state index contributed by atoms with van der Waals surface area (Å²) in [6, 6.07) is 14.6. The fourth-order valence-electron chi connectivity index (χ4n) is 1.71. The first kappa shape index (κ1) is 20.0. The highest BCUT2D eigenvalue weighted by atomic mass is 35.5. The minimum Gasteiger partial charge on any atom is -0.273 e. The van der Waals surface area contributed by atoms with Crippen LogP contribution in [-0.4, -0.2) is 23.3 Å². The molecule has 2 rings (SSSR count). The fraction of sp³-hybridized carbons (Fsp3) is 0.176. The van der Waals surface area contributed by atoms with Gasteiger partial charge in [0.25, 0.3) is 0 Å². The number of carbonyl (C=O) groups is 2. The molecule has 0 atom stereocenters. The van der Waals surface area contributed by atoms with E-state index in [1.807, 2.05) is 36.4 Å². The number of halogens is 2. The molecule has 2 amide bonds. The van der Waals surface area contributed by atoms with Crippen LogP contribution in [0, 0.1) is 0 Å². The van der Waals surface area contributed by atoms with Crippen molar-refractivity contribution in [2.75, 3.05) is 11.5 Å². The second kappa shape index (κ2) is 10.6. The Hall–Kier alpha value is -1.34. The van der Waals surface area contributed by atoms with E-state index in [9.17, 15) is 9.59 Å². The molecule has 25 heavy (non-hydrogen) atoms. The Morgan fingerprint density at radius 3 is 1.80 bits per heavy atom. The first-order valence-electron chi connectivity index (χ1n) is 7.37. The van der Waals surface area contributed by atoms with E-state index < -0.39 is 0 Å². The highest BCUT2D eigenvalue weighted by molar-refractivity contribution is 8.00. The Bertz CT molecular complexity index is 710. The summed E-state index contributed by atoms with van der Waals surface area (Å²) in [6.45, 7) is 0. The molecule has 4 nitrogen and oxygen atoms in total. The smallest absolute Gasteiger partial charge is 0.248 e. The number of benzene rings is 2. The van der Waals surface area contributed by atoms with Crippen molar-refractivity contribution in [3.63, 3.8) is 0 Å². The summed E-state index contributed by atoms with van der Waals surface area (Å²) < 4.78 is 0. The zero-order valence-corrected chi connectivity index (χ0v) is 16.3. The zero-order chi connectivity index (χ0) is 18.1. The van der Waals surface area contributed by atoms with E-state index in [-0.39, 0.29) is 17.6 Å². The summed E-state index contributed by atoms with van der Waals surface area (Å²) in [5.74, 6) is 0.328. The molecule has 0 fully saturated rings. The van der Waals surface area contributed by atoms with Crippen molar-refractivity contribution in [1.29, 1.82) is 0 Å². The molecule has 0 aromatic heterocycles. The summed E-state index contributed by atoms with van der Waals surface area (Å²) >= 11 is 14.5. The molecule has 8 heteroatoms. The predicted molar refractivity (Wildman–Crippen MR) is 105 cm³/mol. The van der Waals surface area contributed by atoms with Crippen LogP contribution in [-0.2, 0) is 9.59 Å². The van der Waals surface area contributed by atoms with E-state index in [1.54, 1.807) is 23.9 Å². The standard InChI is InChI=1S/C17H16Cl2N2O2S2/c18-12-1-5-14(6-2-12)24-10-9-16(22)20-21-17(23)11-25-15-7-3-13(19)4-8-15/h1-8H,9-11H2,(H,20,22)(H,21,23). The third kappa shape index (κ3) is 8.05. The maximum absolute atomic E-state index is 11.7. The molecular formula is C17H16Cl2N2O2S2. The SMILES string of the molecule is O=C(CCSc1ccc(Cl)cc1)NNC(=O)CSc1ccc(Cl)cc1. The lowest BCUT2D eigenvalue weighted by Crippen LogP contribution is -2.42. The third-order valence-electron chi connectivity index (χ3n) is 2.94. The Balaban J connectivity index is 1.59. The second-order valence-electron chi connectivity index (χ2n) is 4.89. The van der Waals surface area contributed by atoms with Crippen molar-refractivity contribution >= 4 is 58.5 Å². The molecule has 0 saturated heterocycles. The number of carbonyl (C=O) groups excluding carboxylic acids is 2. The largest absolute Gasteiger partial charge is 0.273 e. The van der Waals surface area contributed by atoms with Crippen LogP contribution in [0.15, 0.2) is 58.3 Å². The summed E-state index contributed by atoms with van der Waals surface area (Å²) in [5, 5.41) is 1.33. The van der Waals surface area contributed by atoms with Crippen LogP contribution in [0.1, 0.15) is 6.42 Å². The first-order chi connectivity index (χ1) is 12.0. The highest BCUT2D eigenvalue weighted by Crippen LogP contribution is 2.21. The van der Waals surface area contributed by atoms with Crippen LogP contribution < -0.4 is 10.9 Å². The quantitative estimate of drug-likeness (QED) is 0.520. The zero-order valence-electron chi connectivity index (χ0n) is 13.1. The molecule has 2 N–H and O–H groups in total. The lowest BCUT2D eigenvalue weighted by atomic mass is 10.4. The fourth-order valence-corrected chi connectivity index (χ4v) is 3.51. The number of hydrazine groups is 1. The van der Waals surface area contributed by atoms with Crippen molar-refractivity contribution < 1.29 is 9.59 Å². The Labute approximate surface area is 165 Å². The molecule has 0 saturated carbocycles. The molecule has 2 aromatic rings. The van der Waals surface area contributed by atoms with Crippen LogP contribution in [0.3, 0.4) is 0 Å². The summed E-state index contributed by atoms with van der Waals surface area (Å²) in [7, 11) is 0. The van der Waals surface area contributed by atoms with E-state index in [4.69, 9.17) is 23.2 Å². The maximum Gasteiger partial charge on any atom is 0.248 e. The van der Waals surface area contributed by atoms with Gasteiger partial charge in [-0.3, -0.25) is 20.4 Å². The van der Waals surface area contributed by atoms with Gasteiger partial charge in [0, 0.05) is 32.0 Å². The number of rotatable bonds is 7. The number of hydrogen-bond donors (Lipinski definition) is 2. The lowest BCUT2D eigenvalue weighted by Gasteiger charge is -2.07. The Kier molecular flexibility index (Phi) is 8.48. The monoisotopic (exact) mass is 414 g/mol. The average molecular weight is 415 g/mol. The van der Waals surface area contributed by atoms with Crippen LogP contribution in [0.2, 0.25) is 10.0 Å².